The summed E-state index contributed by atoms with van der Waals surface area (Å²) in [5.41, 5.74) is 0.875. The van der Waals surface area contributed by atoms with Crippen molar-refractivity contribution < 1.29 is 9.53 Å². The van der Waals surface area contributed by atoms with Gasteiger partial charge in [-0.2, -0.15) is 5.26 Å². The second kappa shape index (κ2) is 6.45. The van der Waals surface area contributed by atoms with Crippen LogP contribution in [0, 0.1) is 11.3 Å². The Bertz CT molecular complexity index is 482. The van der Waals surface area contributed by atoms with Gasteiger partial charge in [-0.15, -0.1) is 0 Å². The second-order valence-corrected chi connectivity index (χ2v) is 4.07. The molecule has 18 heavy (non-hydrogen) atoms. The summed E-state index contributed by atoms with van der Waals surface area (Å²) in [6, 6.07) is 9.05. The molecule has 0 aliphatic rings. The lowest BCUT2D eigenvalue weighted by atomic mass is 10.1. The number of hydrogen-bond acceptors (Lipinski definition) is 3. The first-order valence-electron chi connectivity index (χ1n) is 5.63. The highest BCUT2D eigenvalue weighted by Gasteiger charge is 2.09. The number of ether oxygens (including phenoxy) is 1. The number of nitrogens with one attached hydrogen (secondary N) is 1. The van der Waals surface area contributed by atoms with Gasteiger partial charge < -0.3 is 10.1 Å². The summed E-state index contributed by atoms with van der Waals surface area (Å²) in [5, 5.41) is 11.6. The van der Waals surface area contributed by atoms with Crippen molar-refractivity contribution in [2.45, 2.75) is 19.9 Å². The number of methoxy groups -OCH3 is 1. The smallest absolute Gasteiger partial charge is 0.262 e. The Morgan fingerprint density at radius 2 is 2.00 bits per heavy atom. The van der Waals surface area contributed by atoms with Crippen LogP contribution in [0.4, 0.5) is 0 Å². The SMILES string of the molecule is COc1ccc(C=C(C#N)C(=O)NC(C)C)cc1. The van der Waals surface area contributed by atoms with Crippen LogP contribution in [0.15, 0.2) is 29.8 Å². The van der Waals surface area contributed by atoms with Gasteiger partial charge in [0.1, 0.15) is 17.4 Å². The topological polar surface area (TPSA) is 62.1 Å². The third-order valence-electron chi connectivity index (χ3n) is 2.21. The minimum absolute atomic E-state index is 0.00474. The number of amides is 1. The summed E-state index contributed by atoms with van der Waals surface area (Å²) in [4.78, 5) is 11.7. The maximum Gasteiger partial charge on any atom is 0.262 e. The van der Waals surface area contributed by atoms with Crippen molar-refractivity contribution in [1.29, 1.82) is 5.26 Å². The number of carbonyl (C=O) groups excluding carboxylic acids is 1. The molecule has 0 spiro atoms. The fourth-order valence-corrected chi connectivity index (χ4v) is 1.36. The number of carbonyl (C=O) groups is 1. The molecule has 0 atom stereocenters. The van der Waals surface area contributed by atoms with Gasteiger partial charge >= 0.3 is 0 Å². The molecule has 4 heteroatoms. The third kappa shape index (κ3) is 3.95. The molecule has 94 valence electrons. The highest BCUT2D eigenvalue weighted by atomic mass is 16.5. The first-order chi connectivity index (χ1) is 8.56. The van der Waals surface area contributed by atoms with Gasteiger partial charge in [0.2, 0.25) is 0 Å². The van der Waals surface area contributed by atoms with Gasteiger partial charge in [0, 0.05) is 6.04 Å². The number of hydrogen-bond donors (Lipinski definition) is 1. The van der Waals surface area contributed by atoms with Crippen molar-refractivity contribution in [3.8, 4) is 11.8 Å². The van der Waals surface area contributed by atoms with E-state index in [0.29, 0.717) is 0 Å². The molecule has 0 bridgehead atoms. The molecule has 0 unspecified atom stereocenters. The molecule has 1 amide bonds. The van der Waals surface area contributed by atoms with Gasteiger partial charge in [0.25, 0.3) is 5.91 Å². The van der Waals surface area contributed by atoms with Gasteiger partial charge in [-0.3, -0.25) is 4.79 Å². The molecule has 0 aliphatic carbocycles. The lowest BCUT2D eigenvalue weighted by molar-refractivity contribution is -0.117. The summed E-state index contributed by atoms with van der Waals surface area (Å²) in [6.45, 7) is 3.69. The van der Waals surface area contributed by atoms with E-state index in [9.17, 15) is 4.79 Å². The van der Waals surface area contributed by atoms with Crippen LogP contribution in [0.1, 0.15) is 19.4 Å². The normalized spacial score (nSPS) is 10.9. The largest absolute Gasteiger partial charge is 0.497 e. The molecule has 1 aromatic rings. The zero-order valence-electron chi connectivity index (χ0n) is 10.7. The highest BCUT2D eigenvalue weighted by molar-refractivity contribution is 6.01. The van der Waals surface area contributed by atoms with Crippen LogP contribution >= 0.6 is 0 Å². The third-order valence-corrected chi connectivity index (χ3v) is 2.21. The van der Waals surface area contributed by atoms with E-state index in [2.05, 4.69) is 5.32 Å². The number of nitrogens with zero attached hydrogens (tertiary/aromatic N) is 1. The predicted octanol–water partition coefficient (Wildman–Crippen LogP) is 2.13. The Morgan fingerprint density at radius 3 is 2.44 bits per heavy atom. The van der Waals surface area contributed by atoms with Gasteiger partial charge in [-0.25, -0.2) is 0 Å². The van der Waals surface area contributed by atoms with Crippen molar-refractivity contribution >= 4 is 12.0 Å². The summed E-state index contributed by atoms with van der Waals surface area (Å²) >= 11 is 0. The minimum Gasteiger partial charge on any atom is -0.497 e. The van der Waals surface area contributed by atoms with Crippen LogP contribution in [0.2, 0.25) is 0 Å². The van der Waals surface area contributed by atoms with E-state index in [1.54, 1.807) is 37.5 Å². The Kier molecular flexibility index (Phi) is 4.94. The molecular weight excluding hydrogens is 228 g/mol. The fraction of sp³-hybridized carbons (Fsp3) is 0.286. The molecule has 0 saturated heterocycles. The van der Waals surface area contributed by atoms with Crippen molar-refractivity contribution in [3.63, 3.8) is 0 Å². The van der Waals surface area contributed by atoms with E-state index in [1.165, 1.54) is 0 Å². The first kappa shape index (κ1) is 13.8. The van der Waals surface area contributed by atoms with E-state index in [4.69, 9.17) is 10.00 Å². The number of rotatable bonds is 4. The van der Waals surface area contributed by atoms with E-state index in [0.717, 1.165) is 11.3 Å². The van der Waals surface area contributed by atoms with Gasteiger partial charge in [-0.1, -0.05) is 12.1 Å². The number of nitriles is 1. The summed E-state index contributed by atoms with van der Waals surface area (Å²) in [7, 11) is 1.58. The molecule has 0 radical (unpaired) electrons. The predicted molar refractivity (Wildman–Crippen MR) is 69.9 cm³/mol. The summed E-state index contributed by atoms with van der Waals surface area (Å²) in [5.74, 6) is 0.376. The zero-order valence-corrected chi connectivity index (χ0v) is 10.7. The molecular formula is C14H16N2O2. The van der Waals surface area contributed by atoms with Crippen molar-refractivity contribution in [2.24, 2.45) is 0 Å². The first-order valence-corrected chi connectivity index (χ1v) is 5.63. The molecule has 1 aromatic carbocycles. The van der Waals surface area contributed by atoms with Crippen LogP contribution in [0.3, 0.4) is 0 Å². The highest BCUT2D eigenvalue weighted by Crippen LogP contribution is 2.13. The average molecular weight is 244 g/mol. The quantitative estimate of drug-likeness (QED) is 0.652. The molecule has 0 saturated carbocycles. The number of benzene rings is 1. The minimum atomic E-state index is -0.358. The standard InChI is InChI=1S/C14H16N2O2/c1-10(2)16-14(17)12(9-15)8-11-4-6-13(18-3)7-5-11/h4-8,10H,1-3H3,(H,16,17). The molecule has 1 rings (SSSR count). The maximum atomic E-state index is 11.7. The van der Waals surface area contributed by atoms with Crippen molar-refractivity contribution in [3.05, 3.63) is 35.4 Å². The average Bonchev–Trinajstić information content (AvgIpc) is 2.35. The molecule has 4 nitrogen and oxygen atoms in total. The van der Waals surface area contributed by atoms with E-state index < -0.39 is 0 Å². The van der Waals surface area contributed by atoms with Gasteiger partial charge in [0.15, 0.2) is 0 Å². The molecule has 0 heterocycles. The molecule has 0 aromatic heterocycles. The van der Waals surface area contributed by atoms with Crippen LogP contribution < -0.4 is 10.1 Å². The monoisotopic (exact) mass is 244 g/mol. The lowest BCUT2D eigenvalue weighted by Crippen LogP contribution is -2.30. The zero-order chi connectivity index (χ0) is 13.5. The fourth-order valence-electron chi connectivity index (χ4n) is 1.36. The Morgan fingerprint density at radius 1 is 1.39 bits per heavy atom. The van der Waals surface area contributed by atoms with Crippen molar-refractivity contribution in [2.75, 3.05) is 7.11 Å². The van der Waals surface area contributed by atoms with E-state index in [1.807, 2.05) is 19.9 Å². The van der Waals surface area contributed by atoms with Crippen molar-refractivity contribution in [1.82, 2.24) is 5.32 Å². The van der Waals surface area contributed by atoms with Crippen LogP contribution in [-0.4, -0.2) is 19.1 Å². The molecule has 0 fully saturated rings. The molecule has 0 aliphatic heterocycles. The lowest BCUT2D eigenvalue weighted by Gasteiger charge is -2.07. The summed E-state index contributed by atoms with van der Waals surface area (Å²) in [6.07, 6.45) is 1.55. The van der Waals surface area contributed by atoms with E-state index >= 15 is 0 Å². The molecule has 1 N–H and O–H groups in total. The Balaban J connectivity index is 2.90. The maximum absolute atomic E-state index is 11.7. The summed E-state index contributed by atoms with van der Waals surface area (Å²) < 4.78 is 5.04. The van der Waals surface area contributed by atoms with Crippen LogP contribution in [0.5, 0.6) is 5.75 Å². The Labute approximate surface area is 107 Å². The second-order valence-electron chi connectivity index (χ2n) is 4.07. The van der Waals surface area contributed by atoms with Crippen LogP contribution in [0.25, 0.3) is 6.08 Å². The van der Waals surface area contributed by atoms with E-state index in [-0.39, 0.29) is 17.5 Å². The van der Waals surface area contributed by atoms with Gasteiger partial charge in [0.05, 0.1) is 7.11 Å². The van der Waals surface area contributed by atoms with Crippen LogP contribution in [-0.2, 0) is 4.79 Å². The Hall–Kier alpha value is -2.28. The van der Waals surface area contributed by atoms with Gasteiger partial charge in [-0.05, 0) is 37.6 Å².